The van der Waals surface area contributed by atoms with Crippen molar-refractivity contribution in [1.29, 1.82) is 0 Å². The third-order valence-corrected chi connectivity index (χ3v) is 5.08. The van der Waals surface area contributed by atoms with Crippen molar-refractivity contribution in [3.05, 3.63) is 24.0 Å². The van der Waals surface area contributed by atoms with Gasteiger partial charge < -0.3 is 4.18 Å². The van der Waals surface area contributed by atoms with E-state index in [9.17, 15) is 8.42 Å². The molecule has 0 aromatic heterocycles. The second-order valence-corrected chi connectivity index (χ2v) is 7.05. The lowest BCUT2D eigenvalue weighted by Crippen LogP contribution is -2.18. The first kappa shape index (κ1) is 13.7. The lowest BCUT2D eigenvalue weighted by Gasteiger charge is -2.29. The Kier molecular flexibility index (Phi) is 4.49. The van der Waals surface area contributed by atoms with E-state index in [2.05, 4.69) is 6.08 Å². The fraction of sp³-hybridized carbons (Fsp3) is 0.714. The van der Waals surface area contributed by atoms with Crippen LogP contribution in [0.4, 0.5) is 0 Å². The van der Waals surface area contributed by atoms with Crippen molar-refractivity contribution >= 4 is 10.1 Å². The second kappa shape index (κ2) is 5.91. The normalized spacial score (nSPS) is 25.8. The van der Waals surface area contributed by atoms with Crippen LogP contribution in [0.25, 0.3) is 0 Å². The zero-order valence-electron chi connectivity index (χ0n) is 11.0. The summed E-state index contributed by atoms with van der Waals surface area (Å²) in [6.07, 6.45) is 13.5. The number of allylic oxidation sites excluding steroid dienone is 3. The summed E-state index contributed by atoms with van der Waals surface area (Å²) in [6, 6.07) is 0. The molecule has 0 aromatic carbocycles. The molecule has 1 atom stereocenters. The smallest absolute Gasteiger partial charge is 0.308 e. The van der Waals surface area contributed by atoms with Crippen LogP contribution in [0.1, 0.15) is 45.4 Å². The minimum Gasteiger partial charge on any atom is -0.383 e. The van der Waals surface area contributed by atoms with Gasteiger partial charge in [-0.15, -0.1) is 0 Å². The lowest BCUT2D eigenvalue weighted by molar-refractivity contribution is 0.282. The van der Waals surface area contributed by atoms with Gasteiger partial charge in [0, 0.05) is 0 Å². The molecule has 0 saturated heterocycles. The molecule has 0 heterocycles. The summed E-state index contributed by atoms with van der Waals surface area (Å²) < 4.78 is 27.7. The quantitative estimate of drug-likeness (QED) is 0.735. The highest BCUT2D eigenvalue weighted by molar-refractivity contribution is 7.86. The van der Waals surface area contributed by atoms with Gasteiger partial charge in [0.1, 0.15) is 5.76 Å². The largest absolute Gasteiger partial charge is 0.383 e. The van der Waals surface area contributed by atoms with E-state index in [4.69, 9.17) is 4.18 Å². The Morgan fingerprint density at radius 1 is 1.28 bits per heavy atom. The van der Waals surface area contributed by atoms with Gasteiger partial charge in [0.15, 0.2) is 0 Å². The third-order valence-electron chi connectivity index (χ3n) is 3.93. The molecule has 0 bridgehead atoms. The summed E-state index contributed by atoms with van der Waals surface area (Å²) in [6.45, 7) is 1.59. The molecule has 2 aliphatic carbocycles. The maximum Gasteiger partial charge on any atom is 0.308 e. The molecule has 102 valence electrons. The standard InChI is InChI=1S/C14H22O3S/c1-2-18(15,16)17-14-10-8-13(9-11-14)12-6-4-3-5-7-12/h8,10-13H,2-7,9H2,1H3. The van der Waals surface area contributed by atoms with Crippen LogP contribution in [0.2, 0.25) is 0 Å². The Morgan fingerprint density at radius 3 is 2.56 bits per heavy atom. The average Bonchev–Trinajstić information content (AvgIpc) is 2.40. The summed E-state index contributed by atoms with van der Waals surface area (Å²) in [5, 5.41) is 0. The van der Waals surface area contributed by atoms with Crippen LogP contribution < -0.4 is 0 Å². The maximum absolute atomic E-state index is 11.4. The van der Waals surface area contributed by atoms with Gasteiger partial charge >= 0.3 is 10.1 Å². The maximum atomic E-state index is 11.4. The molecule has 0 aliphatic heterocycles. The highest BCUT2D eigenvalue weighted by Gasteiger charge is 2.23. The van der Waals surface area contributed by atoms with Crippen molar-refractivity contribution in [1.82, 2.24) is 0 Å². The highest BCUT2D eigenvalue weighted by atomic mass is 32.2. The van der Waals surface area contributed by atoms with Crippen LogP contribution in [-0.2, 0) is 14.3 Å². The molecule has 4 heteroatoms. The number of hydrogen-bond donors (Lipinski definition) is 0. The van der Waals surface area contributed by atoms with Crippen molar-refractivity contribution in [2.75, 3.05) is 5.75 Å². The summed E-state index contributed by atoms with van der Waals surface area (Å²) in [4.78, 5) is 0. The summed E-state index contributed by atoms with van der Waals surface area (Å²) >= 11 is 0. The van der Waals surface area contributed by atoms with Gasteiger partial charge in [-0.25, -0.2) is 0 Å². The molecule has 0 radical (unpaired) electrons. The van der Waals surface area contributed by atoms with Gasteiger partial charge in [0.05, 0.1) is 5.75 Å². The van der Waals surface area contributed by atoms with Gasteiger partial charge in [-0.3, -0.25) is 0 Å². The van der Waals surface area contributed by atoms with Crippen LogP contribution in [-0.4, -0.2) is 14.2 Å². The van der Waals surface area contributed by atoms with E-state index in [1.54, 1.807) is 6.92 Å². The molecule has 1 fully saturated rings. The van der Waals surface area contributed by atoms with Crippen LogP contribution in [0.3, 0.4) is 0 Å². The van der Waals surface area contributed by atoms with E-state index < -0.39 is 10.1 Å². The predicted molar refractivity (Wildman–Crippen MR) is 72.5 cm³/mol. The molecule has 1 unspecified atom stereocenters. The van der Waals surface area contributed by atoms with E-state index >= 15 is 0 Å². The SMILES string of the molecule is CCS(=O)(=O)OC1=CCC(C2CCCCC2)C=C1. The molecule has 2 aliphatic rings. The minimum absolute atomic E-state index is 0.0181. The van der Waals surface area contributed by atoms with Crippen molar-refractivity contribution in [3.8, 4) is 0 Å². The van der Waals surface area contributed by atoms with Gasteiger partial charge in [-0.1, -0.05) is 25.3 Å². The van der Waals surface area contributed by atoms with Crippen molar-refractivity contribution in [2.24, 2.45) is 11.8 Å². The first-order valence-electron chi connectivity index (χ1n) is 6.91. The number of rotatable bonds is 4. The molecule has 3 nitrogen and oxygen atoms in total. The molecular weight excluding hydrogens is 248 g/mol. The molecule has 2 rings (SSSR count). The van der Waals surface area contributed by atoms with Crippen molar-refractivity contribution in [2.45, 2.75) is 45.4 Å². The fourth-order valence-electron chi connectivity index (χ4n) is 2.80. The first-order valence-corrected chi connectivity index (χ1v) is 8.49. The molecule has 0 amide bonds. The van der Waals surface area contributed by atoms with Crippen LogP contribution in [0.15, 0.2) is 24.0 Å². The van der Waals surface area contributed by atoms with E-state index in [-0.39, 0.29) is 5.75 Å². The monoisotopic (exact) mass is 270 g/mol. The van der Waals surface area contributed by atoms with E-state index in [0.717, 1.165) is 12.3 Å². The van der Waals surface area contributed by atoms with Crippen molar-refractivity contribution in [3.63, 3.8) is 0 Å². The van der Waals surface area contributed by atoms with Crippen molar-refractivity contribution < 1.29 is 12.6 Å². The Hall–Kier alpha value is -0.770. The second-order valence-electron chi connectivity index (χ2n) is 5.19. The average molecular weight is 270 g/mol. The third kappa shape index (κ3) is 3.61. The fourth-order valence-corrected chi connectivity index (χ4v) is 3.33. The Labute approximate surface area is 110 Å². The van der Waals surface area contributed by atoms with E-state index in [1.165, 1.54) is 32.1 Å². The van der Waals surface area contributed by atoms with Gasteiger partial charge in [0.25, 0.3) is 0 Å². The van der Waals surface area contributed by atoms with Crippen LogP contribution in [0.5, 0.6) is 0 Å². The van der Waals surface area contributed by atoms with Crippen LogP contribution >= 0.6 is 0 Å². The summed E-state index contributed by atoms with van der Waals surface area (Å²) in [5.74, 6) is 1.85. The Bertz CT molecular complexity index is 428. The molecule has 0 aromatic rings. The summed E-state index contributed by atoms with van der Waals surface area (Å²) in [7, 11) is -3.38. The Balaban J connectivity index is 1.90. The molecule has 18 heavy (non-hydrogen) atoms. The van der Waals surface area contributed by atoms with Gasteiger partial charge in [-0.05, 0) is 50.2 Å². The van der Waals surface area contributed by atoms with E-state index in [1.807, 2.05) is 12.2 Å². The van der Waals surface area contributed by atoms with Crippen LogP contribution in [0, 0.1) is 11.8 Å². The molecule has 0 N–H and O–H groups in total. The summed E-state index contributed by atoms with van der Waals surface area (Å²) in [5.41, 5.74) is 0. The van der Waals surface area contributed by atoms with Gasteiger partial charge in [0.2, 0.25) is 0 Å². The Morgan fingerprint density at radius 2 is 2.00 bits per heavy atom. The number of hydrogen-bond acceptors (Lipinski definition) is 3. The first-order chi connectivity index (χ1) is 8.61. The molecular formula is C14H22O3S. The molecule has 1 saturated carbocycles. The highest BCUT2D eigenvalue weighted by Crippen LogP contribution is 2.35. The minimum atomic E-state index is -3.38. The lowest BCUT2D eigenvalue weighted by atomic mass is 9.77. The van der Waals surface area contributed by atoms with E-state index in [0.29, 0.717) is 11.7 Å². The topological polar surface area (TPSA) is 43.4 Å². The predicted octanol–water partition coefficient (Wildman–Crippen LogP) is 3.39. The zero-order valence-corrected chi connectivity index (χ0v) is 11.8. The molecule has 0 spiro atoms. The van der Waals surface area contributed by atoms with Gasteiger partial charge in [-0.2, -0.15) is 8.42 Å². The zero-order chi connectivity index (χ0) is 13.0.